The first-order valence-electron chi connectivity index (χ1n) is 8.90. The van der Waals surface area contributed by atoms with Crippen molar-refractivity contribution < 1.29 is 14.3 Å². The van der Waals surface area contributed by atoms with E-state index in [9.17, 15) is 4.79 Å². The van der Waals surface area contributed by atoms with Gasteiger partial charge in [0.2, 0.25) is 5.91 Å². The van der Waals surface area contributed by atoms with E-state index in [1.807, 2.05) is 14.1 Å². The number of fused-ring (bicyclic) bond motifs is 1. The van der Waals surface area contributed by atoms with Gasteiger partial charge in [-0.2, -0.15) is 0 Å². The number of hydrogen-bond acceptors (Lipinski definition) is 5. The van der Waals surface area contributed by atoms with Crippen LogP contribution in [0, 0.1) is 11.8 Å². The third kappa shape index (κ3) is 3.87. The van der Waals surface area contributed by atoms with Crippen molar-refractivity contribution in [2.45, 2.75) is 37.5 Å². The maximum absolute atomic E-state index is 12.5. The third-order valence-electron chi connectivity index (χ3n) is 5.64. The van der Waals surface area contributed by atoms with Crippen LogP contribution in [-0.4, -0.2) is 81.5 Å². The molecule has 6 nitrogen and oxygen atoms in total. The van der Waals surface area contributed by atoms with Gasteiger partial charge in [0.1, 0.15) is 0 Å². The van der Waals surface area contributed by atoms with E-state index in [1.54, 1.807) is 0 Å². The number of rotatable bonds is 4. The fourth-order valence-electron chi connectivity index (χ4n) is 4.48. The van der Waals surface area contributed by atoms with Crippen LogP contribution >= 0.6 is 0 Å². The van der Waals surface area contributed by atoms with Crippen molar-refractivity contribution in [1.29, 1.82) is 0 Å². The second-order valence-electron chi connectivity index (χ2n) is 7.64. The van der Waals surface area contributed by atoms with E-state index in [0.29, 0.717) is 25.2 Å². The third-order valence-corrected chi connectivity index (χ3v) is 5.64. The highest BCUT2D eigenvalue weighted by Crippen LogP contribution is 2.44. The van der Waals surface area contributed by atoms with Crippen molar-refractivity contribution in [3.8, 4) is 0 Å². The van der Waals surface area contributed by atoms with Crippen LogP contribution in [0.25, 0.3) is 0 Å². The summed E-state index contributed by atoms with van der Waals surface area (Å²) in [7, 11) is 6.20. The largest absolute Gasteiger partial charge is 0.355 e. The zero-order valence-electron chi connectivity index (χ0n) is 14.7. The molecule has 1 spiro atoms. The van der Waals surface area contributed by atoms with E-state index >= 15 is 0 Å². The number of hydrogen-bond donors (Lipinski definition) is 1. The summed E-state index contributed by atoms with van der Waals surface area (Å²) < 4.78 is 11.8. The zero-order valence-corrected chi connectivity index (χ0v) is 14.7. The van der Waals surface area contributed by atoms with Crippen LogP contribution in [0.1, 0.15) is 25.7 Å². The van der Waals surface area contributed by atoms with Crippen LogP contribution in [0.5, 0.6) is 0 Å². The molecule has 1 unspecified atom stereocenters. The topological polar surface area (TPSA) is 54.0 Å². The maximum Gasteiger partial charge on any atom is 0.224 e. The number of amides is 1. The van der Waals surface area contributed by atoms with E-state index in [-0.39, 0.29) is 17.6 Å². The number of likely N-dealkylation sites (N-methyl/N-ethyl adjacent to an activating group) is 1. The van der Waals surface area contributed by atoms with Gasteiger partial charge in [0.15, 0.2) is 5.79 Å². The minimum Gasteiger partial charge on any atom is -0.355 e. The molecule has 0 radical (unpaired) electrons. The Morgan fingerprint density at radius 3 is 2.78 bits per heavy atom. The molecule has 1 aliphatic carbocycles. The maximum atomic E-state index is 12.5. The van der Waals surface area contributed by atoms with Gasteiger partial charge < -0.3 is 24.6 Å². The summed E-state index contributed by atoms with van der Waals surface area (Å²) in [5.74, 6) is 0.417. The molecule has 2 heterocycles. The molecular formula is C17H31N3O3. The van der Waals surface area contributed by atoms with Gasteiger partial charge in [-0.1, -0.05) is 0 Å². The summed E-state index contributed by atoms with van der Waals surface area (Å²) in [6.45, 7) is 3.88. The fraction of sp³-hybridized carbons (Fsp3) is 0.941. The average molecular weight is 325 g/mol. The van der Waals surface area contributed by atoms with E-state index in [1.165, 1.54) is 0 Å². The minimum absolute atomic E-state index is 0.0833. The average Bonchev–Trinajstić information content (AvgIpc) is 2.94. The molecule has 1 amide bonds. The lowest BCUT2D eigenvalue weighted by Crippen LogP contribution is -2.55. The summed E-state index contributed by atoms with van der Waals surface area (Å²) in [4.78, 5) is 17.0. The molecule has 6 heteroatoms. The summed E-state index contributed by atoms with van der Waals surface area (Å²) in [5.41, 5.74) is 0. The van der Waals surface area contributed by atoms with Crippen LogP contribution in [0.3, 0.4) is 0 Å². The Balaban J connectivity index is 1.57. The summed E-state index contributed by atoms with van der Waals surface area (Å²) >= 11 is 0. The van der Waals surface area contributed by atoms with Crippen molar-refractivity contribution in [3.05, 3.63) is 0 Å². The van der Waals surface area contributed by atoms with E-state index < -0.39 is 0 Å². The lowest BCUT2D eigenvalue weighted by molar-refractivity contribution is -0.202. The van der Waals surface area contributed by atoms with Gasteiger partial charge in [0.25, 0.3) is 0 Å². The summed E-state index contributed by atoms with van der Waals surface area (Å²) in [6, 6.07) is 0.569. The van der Waals surface area contributed by atoms with Crippen LogP contribution in [0.2, 0.25) is 0 Å². The Bertz CT molecular complexity index is 423. The molecule has 2 aliphatic heterocycles. The monoisotopic (exact) mass is 325 g/mol. The number of carbonyl (C=O) groups excluding carboxylic acids is 1. The molecule has 23 heavy (non-hydrogen) atoms. The number of ether oxygens (including phenoxy) is 2. The molecule has 3 aliphatic rings. The SMILES string of the molecule is CN(C)CCNC(=O)C1C[C@@H]2CC3(CC[C@H]2N(C)C1)OCCO3. The predicted molar refractivity (Wildman–Crippen MR) is 88.1 cm³/mol. The molecule has 2 saturated heterocycles. The number of carbonyl (C=O) groups is 1. The zero-order chi connectivity index (χ0) is 16.4. The first-order valence-corrected chi connectivity index (χ1v) is 8.90. The second-order valence-corrected chi connectivity index (χ2v) is 7.64. The van der Waals surface area contributed by atoms with Crippen LogP contribution in [0.4, 0.5) is 0 Å². The Hall–Kier alpha value is -0.690. The summed E-state index contributed by atoms with van der Waals surface area (Å²) in [5, 5.41) is 3.09. The molecule has 0 aromatic rings. The van der Waals surface area contributed by atoms with Crippen LogP contribution < -0.4 is 5.32 Å². The number of likely N-dealkylation sites (tertiary alicyclic amines) is 1. The van der Waals surface area contributed by atoms with Crippen LogP contribution in [-0.2, 0) is 14.3 Å². The minimum atomic E-state index is -0.356. The molecule has 132 valence electrons. The smallest absolute Gasteiger partial charge is 0.224 e. The van der Waals surface area contributed by atoms with Gasteiger partial charge in [-0.05, 0) is 39.9 Å². The van der Waals surface area contributed by atoms with Gasteiger partial charge in [0.05, 0.1) is 19.1 Å². The van der Waals surface area contributed by atoms with Gasteiger partial charge >= 0.3 is 0 Å². The summed E-state index contributed by atoms with van der Waals surface area (Å²) in [6.07, 6.45) is 3.98. The number of nitrogens with one attached hydrogen (secondary N) is 1. The standard InChI is InChI=1S/C17H31N3O3/c1-19(2)7-6-18-16(21)14-10-13-11-17(22-8-9-23-17)5-4-15(13)20(3)12-14/h13-15H,4-12H2,1-3H3,(H,18,21)/t13-,14?,15-/m1/s1. The molecule has 3 atom stereocenters. The van der Waals surface area contributed by atoms with Crippen molar-refractivity contribution >= 4 is 5.91 Å². The van der Waals surface area contributed by atoms with Gasteiger partial charge in [-0.25, -0.2) is 0 Å². The normalized spacial score (nSPS) is 33.8. The van der Waals surface area contributed by atoms with Gasteiger partial charge in [-0.15, -0.1) is 0 Å². The Morgan fingerprint density at radius 1 is 1.35 bits per heavy atom. The highest BCUT2D eigenvalue weighted by atomic mass is 16.7. The predicted octanol–water partition coefficient (Wildman–Crippen LogP) is 0.528. The highest BCUT2D eigenvalue weighted by Gasteiger charge is 2.49. The number of piperidine rings is 1. The number of nitrogens with zero attached hydrogens (tertiary/aromatic N) is 2. The molecule has 0 aromatic carbocycles. The Morgan fingerprint density at radius 2 is 2.09 bits per heavy atom. The van der Waals surface area contributed by atoms with Crippen molar-refractivity contribution in [1.82, 2.24) is 15.1 Å². The van der Waals surface area contributed by atoms with Crippen LogP contribution in [0.15, 0.2) is 0 Å². The quantitative estimate of drug-likeness (QED) is 0.817. The molecule has 1 saturated carbocycles. The second kappa shape index (κ2) is 7.05. The van der Waals surface area contributed by atoms with Crippen molar-refractivity contribution in [2.75, 3.05) is 54.0 Å². The fourth-order valence-corrected chi connectivity index (χ4v) is 4.48. The lowest BCUT2D eigenvalue weighted by atomic mass is 9.72. The molecule has 3 rings (SSSR count). The van der Waals surface area contributed by atoms with Gasteiger partial charge in [-0.3, -0.25) is 4.79 Å². The molecule has 0 bridgehead atoms. The molecule has 0 aromatic heterocycles. The van der Waals surface area contributed by atoms with Crippen molar-refractivity contribution in [2.24, 2.45) is 11.8 Å². The Kier molecular flexibility index (Phi) is 5.26. The molecular weight excluding hydrogens is 294 g/mol. The lowest BCUT2D eigenvalue weighted by Gasteiger charge is -2.49. The van der Waals surface area contributed by atoms with Gasteiger partial charge in [0, 0.05) is 38.5 Å². The highest BCUT2D eigenvalue weighted by molar-refractivity contribution is 5.79. The van der Waals surface area contributed by atoms with Crippen molar-refractivity contribution in [3.63, 3.8) is 0 Å². The molecule has 1 N–H and O–H groups in total. The first kappa shape index (κ1) is 17.1. The van der Waals surface area contributed by atoms with E-state index in [4.69, 9.17) is 9.47 Å². The first-order chi connectivity index (χ1) is 11.0. The molecule has 3 fully saturated rings. The Labute approximate surface area is 139 Å². The van der Waals surface area contributed by atoms with E-state index in [0.717, 1.165) is 45.3 Å². The van der Waals surface area contributed by atoms with E-state index in [2.05, 4.69) is 22.2 Å².